The van der Waals surface area contributed by atoms with Gasteiger partial charge < -0.3 is 10.1 Å². The highest BCUT2D eigenvalue weighted by Gasteiger charge is 2.28. The minimum absolute atomic E-state index is 0.0295. The molecule has 0 saturated carbocycles. The molecule has 0 aromatic carbocycles. The van der Waals surface area contributed by atoms with E-state index in [2.05, 4.69) is 43.2 Å². The number of anilines is 1. The molecule has 0 radical (unpaired) electrons. The van der Waals surface area contributed by atoms with E-state index >= 15 is 0 Å². The van der Waals surface area contributed by atoms with Gasteiger partial charge in [0.1, 0.15) is 0 Å². The van der Waals surface area contributed by atoms with E-state index in [0.717, 1.165) is 54.2 Å². The molecule has 144 valence electrons. The van der Waals surface area contributed by atoms with Gasteiger partial charge in [0.05, 0.1) is 23.1 Å². The van der Waals surface area contributed by atoms with Crippen LogP contribution in [0.4, 0.5) is 5.69 Å². The molecule has 5 heteroatoms. The normalized spacial score (nSPS) is 16.2. The Labute approximate surface area is 166 Å². The Morgan fingerprint density at radius 1 is 1.21 bits per heavy atom. The molecule has 1 aliphatic rings. The van der Waals surface area contributed by atoms with Gasteiger partial charge in [-0.1, -0.05) is 19.8 Å². The number of ether oxygens (including phenoxy) is 1. The fourth-order valence-corrected chi connectivity index (χ4v) is 3.72. The zero-order valence-electron chi connectivity index (χ0n) is 16.7. The molecule has 0 amide bonds. The van der Waals surface area contributed by atoms with E-state index in [1.807, 2.05) is 28.9 Å². The molecular formula is C23H26N4O. The number of fused-ring (bicyclic) bond motifs is 1. The van der Waals surface area contributed by atoms with E-state index in [0.29, 0.717) is 5.92 Å². The molecule has 28 heavy (non-hydrogen) atoms. The Balaban J connectivity index is 1.76. The molecule has 1 fully saturated rings. The lowest BCUT2D eigenvalue weighted by molar-refractivity contribution is 0.0658. The molecule has 1 aliphatic heterocycles. The van der Waals surface area contributed by atoms with Gasteiger partial charge in [-0.05, 0) is 55.5 Å². The van der Waals surface area contributed by atoms with Crippen molar-refractivity contribution in [3.05, 3.63) is 47.8 Å². The first kappa shape index (κ1) is 18.5. The van der Waals surface area contributed by atoms with Crippen molar-refractivity contribution in [1.82, 2.24) is 14.6 Å². The van der Waals surface area contributed by atoms with Crippen LogP contribution >= 0.6 is 0 Å². The van der Waals surface area contributed by atoms with E-state index < -0.39 is 0 Å². The number of hydrogen-bond donors (Lipinski definition) is 1. The molecule has 4 heterocycles. The Morgan fingerprint density at radius 2 is 2.00 bits per heavy atom. The second-order valence-corrected chi connectivity index (χ2v) is 8.05. The molecule has 3 aromatic heterocycles. The summed E-state index contributed by atoms with van der Waals surface area (Å²) in [7, 11) is 0. The van der Waals surface area contributed by atoms with Crippen molar-refractivity contribution in [2.75, 3.05) is 18.5 Å². The maximum atomic E-state index is 5.55. The molecule has 0 unspecified atom stereocenters. The van der Waals surface area contributed by atoms with Gasteiger partial charge in [-0.2, -0.15) is 5.10 Å². The SMILES string of the molecule is C#Cc1cnn2c(-c3cc(NC4(C)CCOCC4)c(C(C)C)cn3)ccc2c1. The third-order valence-corrected chi connectivity index (χ3v) is 5.52. The van der Waals surface area contributed by atoms with Crippen molar-refractivity contribution in [2.24, 2.45) is 0 Å². The first-order valence-corrected chi connectivity index (χ1v) is 9.80. The van der Waals surface area contributed by atoms with Crippen molar-refractivity contribution in [3.63, 3.8) is 0 Å². The molecule has 0 aliphatic carbocycles. The Morgan fingerprint density at radius 3 is 2.71 bits per heavy atom. The van der Waals surface area contributed by atoms with Crippen molar-refractivity contribution in [3.8, 4) is 23.7 Å². The van der Waals surface area contributed by atoms with Crippen LogP contribution in [0.1, 0.15) is 50.7 Å². The highest BCUT2D eigenvalue weighted by molar-refractivity contribution is 5.69. The number of nitrogens with zero attached hydrogens (tertiary/aromatic N) is 3. The van der Waals surface area contributed by atoms with E-state index in [1.165, 1.54) is 5.56 Å². The molecular weight excluding hydrogens is 348 g/mol. The summed E-state index contributed by atoms with van der Waals surface area (Å²) in [4.78, 5) is 4.75. The third kappa shape index (κ3) is 3.48. The van der Waals surface area contributed by atoms with Crippen LogP contribution < -0.4 is 5.32 Å². The fraction of sp³-hybridized carbons (Fsp3) is 0.391. The third-order valence-electron chi connectivity index (χ3n) is 5.52. The zero-order chi connectivity index (χ0) is 19.7. The van der Waals surface area contributed by atoms with Crippen LogP contribution in [0, 0.1) is 12.3 Å². The van der Waals surface area contributed by atoms with Crippen molar-refractivity contribution >= 4 is 11.2 Å². The fourth-order valence-electron chi connectivity index (χ4n) is 3.72. The lowest BCUT2D eigenvalue weighted by atomic mass is 9.91. The Bertz CT molecular complexity index is 1040. The van der Waals surface area contributed by atoms with Crippen molar-refractivity contribution in [1.29, 1.82) is 0 Å². The summed E-state index contributed by atoms with van der Waals surface area (Å²) in [6, 6.07) is 8.17. The minimum atomic E-state index is 0.0295. The number of aromatic nitrogens is 3. The topological polar surface area (TPSA) is 51.5 Å². The van der Waals surface area contributed by atoms with Crippen LogP contribution in [0.15, 0.2) is 36.7 Å². The van der Waals surface area contributed by atoms with Gasteiger partial charge in [0.15, 0.2) is 0 Å². The highest BCUT2D eigenvalue weighted by atomic mass is 16.5. The Kier molecular flexibility index (Phi) is 4.82. The zero-order valence-corrected chi connectivity index (χ0v) is 16.7. The molecule has 3 aromatic rings. The highest BCUT2D eigenvalue weighted by Crippen LogP contribution is 2.33. The number of rotatable bonds is 4. The van der Waals surface area contributed by atoms with Gasteiger partial charge in [-0.3, -0.25) is 4.98 Å². The lowest BCUT2D eigenvalue weighted by Crippen LogP contribution is -2.41. The van der Waals surface area contributed by atoms with E-state index in [-0.39, 0.29) is 5.54 Å². The standard InChI is InChI=1S/C23H26N4O/c1-5-17-12-18-6-7-22(27(18)25-14-17)21-13-20(19(15-24-21)16(2)3)26-23(4)8-10-28-11-9-23/h1,6-7,12-16H,8-11H2,2-4H3,(H,24,26). The van der Waals surface area contributed by atoms with E-state index in [1.54, 1.807) is 6.20 Å². The van der Waals surface area contributed by atoms with E-state index in [9.17, 15) is 0 Å². The average Bonchev–Trinajstić information content (AvgIpc) is 3.11. The van der Waals surface area contributed by atoms with Gasteiger partial charge in [-0.25, -0.2) is 4.52 Å². The second kappa shape index (κ2) is 7.29. The van der Waals surface area contributed by atoms with Crippen LogP contribution in [-0.2, 0) is 4.74 Å². The van der Waals surface area contributed by atoms with Crippen molar-refractivity contribution in [2.45, 2.75) is 45.1 Å². The molecule has 1 saturated heterocycles. The predicted octanol–water partition coefficient (Wildman–Crippen LogP) is 4.48. The quantitative estimate of drug-likeness (QED) is 0.684. The predicted molar refractivity (Wildman–Crippen MR) is 113 cm³/mol. The molecule has 1 N–H and O–H groups in total. The number of terminal acetylenes is 1. The van der Waals surface area contributed by atoms with E-state index in [4.69, 9.17) is 16.1 Å². The minimum Gasteiger partial charge on any atom is -0.381 e. The van der Waals surface area contributed by atoms with Crippen molar-refractivity contribution < 1.29 is 4.74 Å². The summed E-state index contributed by atoms with van der Waals surface area (Å²) in [5.74, 6) is 3.02. The van der Waals surface area contributed by atoms with Gasteiger partial charge in [0, 0.05) is 36.2 Å². The van der Waals surface area contributed by atoms with Crippen LogP contribution in [0.3, 0.4) is 0 Å². The molecule has 0 bridgehead atoms. The summed E-state index contributed by atoms with van der Waals surface area (Å²) < 4.78 is 7.44. The van der Waals surface area contributed by atoms with Crippen LogP contribution in [0.2, 0.25) is 0 Å². The Hall–Kier alpha value is -2.84. The average molecular weight is 374 g/mol. The summed E-state index contributed by atoms with van der Waals surface area (Å²) in [6.07, 6.45) is 11.2. The van der Waals surface area contributed by atoms with Crippen LogP contribution in [0.25, 0.3) is 16.9 Å². The first-order chi connectivity index (χ1) is 13.5. The largest absolute Gasteiger partial charge is 0.381 e. The first-order valence-electron chi connectivity index (χ1n) is 9.80. The van der Waals surface area contributed by atoms with Gasteiger partial charge >= 0.3 is 0 Å². The number of nitrogens with one attached hydrogen (secondary N) is 1. The maximum Gasteiger partial charge on any atom is 0.0910 e. The van der Waals surface area contributed by atoms with Crippen LogP contribution in [0.5, 0.6) is 0 Å². The second-order valence-electron chi connectivity index (χ2n) is 8.05. The van der Waals surface area contributed by atoms with Gasteiger partial charge in [0.25, 0.3) is 0 Å². The smallest absolute Gasteiger partial charge is 0.0910 e. The molecule has 5 nitrogen and oxygen atoms in total. The van der Waals surface area contributed by atoms with Gasteiger partial charge in [-0.15, -0.1) is 6.42 Å². The molecule has 4 rings (SSSR count). The summed E-state index contributed by atoms with van der Waals surface area (Å²) in [5.41, 5.74) is 5.97. The monoisotopic (exact) mass is 374 g/mol. The summed E-state index contributed by atoms with van der Waals surface area (Å²) in [5, 5.41) is 8.30. The summed E-state index contributed by atoms with van der Waals surface area (Å²) in [6.45, 7) is 8.26. The molecule has 0 spiro atoms. The van der Waals surface area contributed by atoms with Crippen LogP contribution in [-0.4, -0.2) is 33.4 Å². The van der Waals surface area contributed by atoms with Gasteiger partial charge in [0.2, 0.25) is 0 Å². The number of hydrogen-bond acceptors (Lipinski definition) is 4. The number of pyridine rings is 1. The summed E-state index contributed by atoms with van der Waals surface area (Å²) >= 11 is 0. The molecule has 0 atom stereocenters. The maximum absolute atomic E-state index is 5.55. The lowest BCUT2D eigenvalue weighted by Gasteiger charge is -2.36.